The Labute approximate surface area is 234 Å². The lowest BCUT2D eigenvalue weighted by atomic mass is 10.1. The quantitative estimate of drug-likeness (QED) is 0.234. The lowest BCUT2D eigenvalue weighted by Gasteiger charge is -2.23. The number of hydrogen-bond acceptors (Lipinski definition) is 10. The van der Waals surface area contributed by atoms with Gasteiger partial charge in [0.2, 0.25) is 0 Å². The minimum atomic E-state index is -3.87. The van der Waals surface area contributed by atoms with Crippen molar-refractivity contribution < 1.29 is 22.6 Å². The molecule has 11 nitrogen and oxygen atoms in total. The Balaban J connectivity index is 1.80. The molecule has 0 spiro atoms. The summed E-state index contributed by atoms with van der Waals surface area (Å²) in [5.41, 5.74) is 4.00. The zero-order chi connectivity index (χ0) is 28.9. The molecule has 40 heavy (non-hydrogen) atoms. The van der Waals surface area contributed by atoms with Crippen LogP contribution in [0.4, 0.5) is 0 Å². The van der Waals surface area contributed by atoms with E-state index in [-0.39, 0.29) is 18.3 Å². The van der Waals surface area contributed by atoms with Gasteiger partial charge in [-0.25, -0.2) is 18.4 Å². The molecule has 0 N–H and O–H groups in total. The van der Waals surface area contributed by atoms with Crippen LogP contribution in [0.25, 0.3) is 17.1 Å². The van der Waals surface area contributed by atoms with Crippen LogP contribution in [0, 0.1) is 20.8 Å². The van der Waals surface area contributed by atoms with E-state index in [0.717, 1.165) is 16.7 Å². The van der Waals surface area contributed by atoms with E-state index in [0.29, 0.717) is 29.4 Å². The van der Waals surface area contributed by atoms with E-state index >= 15 is 0 Å². The van der Waals surface area contributed by atoms with Crippen molar-refractivity contribution in [2.75, 3.05) is 27.4 Å². The molecule has 0 aliphatic carbocycles. The first kappa shape index (κ1) is 29.2. The molecule has 3 aromatic heterocycles. The third-order valence-corrected chi connectivity index (χ3v) is 8.51. The van der Waals surface area contributed by atoms with Crippen LogP contribution in [0.5, 0.6) is 5.75 Å². The van der Waals surface area contributed by atoms with Gasteiger partial charge in [0.15, 0.2) is 27.3 Å². The van der Waals surface area contributed by atoms with Crippen LogP contribution in [-0.2, 0) is 25.1 Å². The van der Waals surface area contributed by atoms with Crippen molar-refractivity contribution in [2.45, 2.75) is 44.8 Å². The van der Waals surface area contributed by atoms with Crippen LogP contribution in [0.1, 0.15) is 41.4 Å². The predicted molar refractivity (Wildman–Crippen MR) is 150 cm³/mol. The van der Waals surface area contributed by atoms with Gasteiger partial charge in [-0.05, 0) is 56.5 Å². The number of pyridine rings is 1. The normalized spacial score (nSPS) is 13.2. The fourth-order valence-electron chi connectivity index (χ4n) is 4.32. The summed E-state index contributed by atoms with van der Waals surface area (Å²) in [7, 11) is -0.755. The lowest BCUT2D eigenvalue weighted by Crippen LogP contribution is -2.31. The first-order valence-corrected chi connectivity index (χ1v) is 14.5. The van der Waals surface area contributed by atoms with Gasteiger partial charge in [0.1, 0.15) is 17.6 Å². The highest BCUT2D eigenvalue weighted by Crippen LogP contribution is 2.33. The van der Waals surface area contributed by atoms with Gasteiger partial charge in [0.25, 0.3) is 0 Å². The first-order chi connectivity index (χ1) is 19.2. The monoisotopic (exact) mass is 566 g/mol. The maximum Gasteiger partial charge on any atom is 0.170 e. The number of benzene rings is 1. The second-order valence-corrected chi connectivity index (χ2v) is 11.9. The van der Waals surface area contributed by atoms with E-state index in [9.17, 15) is 8.42 Å². The smallest absolute Gasteiger partial charge is 0.170 e. The highest BCUT2D eigenvalue weighted by molar-refractivity contribution is 7.91. The first-order valence-electron chi connectivity index (χ1n) is 12.8. The molecule has 2 atom stereocenters. The molecule has 0 saturated carbocycles. The molecule has 0 unspecified atom stereocenters. The second kappa shape index (κ2) is 12.6. The van der Waals surface area contributed by atoms with Gasteiger partial charge in [0, 0.05) is 37.5 Å². The Morgan fingerprint density at radius 2 is 1.70 bits per heavy atom. The van der Waals surface area contributed by atoms with Crippen molar-refractivity contribution in [3.63, 3.8) is 0 Å². The molecule has 1 aromatic carbocycles. The summed E-state index contributed by atoms with van der Waals surface area (Å²) in [5, 5.41) is 7.78. The fraction of sp³-hybridized carbons (Fsp3) is 0.393. The molecule has 0 aliphatic heterocycles. The largest absolute Gasteiger partial charge is 0.495 e. The number of para-hydroxylation sites is 1. The minimum absolute atomic E-state index is 0.180. The van der Waals surface area contributed by atoms with E-state index in [1.54, 1.807) is 50.5 Å². The predicted octanol–water partition coefficient (Wildman–Crippen LogP) is 3.76. The summed E-state index contributed by atoms with van der Waals surface area (Å²) < 4.78 is 46.4. The number of ether oxygens (including phenoxy) is 3. The molecule has 0 radical (unpaired) electrons. The molecule has 4 rings (SSSR count). The number of sulfone groups is 1. The Kier molecular flexibility index (Phi) is 9.23. The highest BCUT2D eigenvalue weighted by atomic mass is 32.2. The van der Waals surface area contributed by atoms with Crippen LogP contribution in [0.15, 0.2) is 49.1 Å². The average Bonchev–Trinajstić information content (AvgIpc) is 3.33. The number of aryl methyl sites for hydroxylation is 3. The molecule has 0 bridgehead atoms. The van der Waals surface area contributed by atoms with E-state index in [2.05, 4.69) is 25.1 Å². The summed E-state index contributed by atoms with van der Waals surface area (Å²) in [6.45, 7) is 7.78. The van der Waals surface area contributed by atoms with Crippen LogP contribution >= 0.6 is 0 Å². The topological polar surface area (TPSA) is 131 Å². The summed E-state index contributed by atoms with van der Waals surface area (Å²) >= 11 is 0. The molecule has 212 valence electrons. The maximum atomic E-state index is 13.9. The van der Waals surface area contributed by atoms with E-state index in [1.807, 2.05) is 45.0 Å². The molecule has 12 heteroatoms. The summed E-state index contributed by atoms with van der Waals surface area (Å²) in [4.78, 5) is 13.0. The van der Waals surface area contributed by atoms with Crippen molar-refractivity contribution in [3.05, 3.63) is 77.4 Å². The lowest BCUT2D eigenvalue weighted by molar-refractivity contribution is 0.0118. The molecule has 0 fully saturated rings. The van der Waals surface area contributed by atoms with Gasteiger partial charge in [-0.2, -0.15) is 0 Å². The molecule has 0 saturated heterocycles. The van der Waals surface area contributed by atoms with Gasteiger partial charge in [-0.3, -0.25) is 9.55 Å². The number of methoxy groups -OCH3 is 2. The minimum Gasteiger partial charge on any atom is -0.495 e. The molecular formula is C28H34N6O5S. The number of nitrogens with zero attached hydrogens (tertiary/aromatic N) is 6. The Morgan fingerprint density at radius 3 is 2.38 bits per heavy atom. The second-order valence-electron chi connectivity index (χ2n) is 9.57. The third kappa shape index (κ3) is 6.35. The van der Waals surface area contributed by atoms with Gasteiger partial charge >= 0.3 is 0 Å². The summed E-state index contributed by atoms with van der Waals surface area (Å²) in [6, 6.07) is 7.53. The van der Waals surface area contributed by atoms with Gasteiger partial charge < -0.3 is 14.2 Å². The van der Waals surface area contributed by atoms with Crippen LogP contribution in [-0.4, -0.2) is 70.8 Å². The molecule has 3 heterocycles. The SMILES string of the molecule is COCCO[C@@H](c1ncc(C)cn1)[C@@H](C)S(=O)(=O)Cc1nnc(-c2cncc(C)c2)n1-c1c(C)cccc1OC. The number of aromatic nitrogens is 6. The van der Waals surface area contributed by atoms with Gasteiger partial charge in [-0.1, -0.05) is 12.1 Å². The van der Waals surface area contributed by atoms with E-state index in [1.165, 1.54) is 0 Å². The maximum absolute atomic E-state index is 13.9. The van der Waals surface area contributed by atoms with Gasteiger partial charge in [0.05, 0.1) is 31.3 Å². The van der Waals surface area contributed by atoms with Crippen molar-refractivity contribution in [2.24, 2.45) is 0 Å². The molecule has 4 aromatic rings. The van der Waals surface area contributed by atoms with Crippen molar-refractivity contribution in [3.8, 4) is 22.8 Å². The van der Waals surface area contributed by atoms with E-state index < -0.39 is 26.9 Å². The molecular weight excluding hydrogens is 532 g/mol. The zero-order valence-corrected chi connectivity index (χ0v) is 24.3. The van der Waals surface area contributed by atoms with Crippen LogP contribution in [0.3, 0.4) is 0 Å². The molecule has 0 amide bonds. The van der Waals surface area contributed by atoms with Crippen molar-refractivity contribution >= 4 is 9.84 Å². The fourth-order valence-corrected chi connectivity index (χ4v) is 5.71. The average molecular weight is 567 g/mol. The van der Waals surface area contributed by atoms with Gasteiger partial charge in [-0.15, -0.1) is 10.2 Å². The van der Waals surface area contributed by atoms with Crippen LogP contribution < -0.4 is 4.74 Å². The van der Waals surface area contributed by atoms with Crippen molar-refractivity contribution in [1.29, 1.82) is 0 Å². The number of rotatable bonds is 12. The van der Waals surface area contributed by atoms with E-state index in [4.69, 9.17) is 14.2 Å². The third-order valence-electron chi connectivity index (χ3n) is 6.47. The Morgan fingerprint density at radius 1 is 0.950 bits per heavy atom. The summed E-state index contributed by atoms with van der Waals surface area (Å²) in [5.74, 6) is 1.12. The van der Waals surface area contributed by atoms with Crippen LogP contribution in [0.2, 0.25) is 0 Å². The van der Waals surface area contributed by atoms with Crippen molar-refractivity contribution in [1.82, 2.24) is 29.7 Å². The standard InChI is InChI=1S/C28H34N6O5S/c1-18-12-22(16-29-13-18)28-33-32-24(34(28)25-20(3)8-7-9-23(25)38-6)17-40(35,36)21(4)26(39-11-10-37-5)27-30-14-19(2)15-31-27/h7-9,12-16,21,26H,10-11,17H2,1-6H3/t21-,26-/m1/s1. The highest BCUT2D eigenvalue weighted by Gasteiger charge is 2.35. The Hall–Kier alpha value is -3.74. The zero-order valence-electron chi connectivity index (χ0n) is 23.5. The molecule has 0 aliphatic rings. The number of hydrogen-bond donors (Lipinski definition) is 0. The Bertz CT molecular complexity index is 1560. The summed E-state index contributed by atoms with van der Waals surface area (Å²) in [6.07, 6.45) is 5.77.